The zero-order chi connectivity index (χ0) is 24.1. The highest BCUT2D eigenvalue weighted by Crippen LogP contribution is 2.44. The van der Waals surface area contributed by atoms with Gasteiger partial charge in [0.2, 0.25) is 5.91 Å². The second kappa shape index (κ2) is 10.5. The minimum atomic E-state index is -1.12. The number of aromatic carboxylic acids is 1. The molecule has 2 aromatic carbocycles. The van der Waals surface area contributed by atoms with Gasteiger partial charge in [0.25, 0.3) is 0 Å². The van der Waals surface area contributed by atoms with E-state index in [1.54, 1.807) is 0 Å². The third-order valence-electron chi connectivity index (χ3n) is 5.71. The summed E-state index contributed by atoms with van der Waals surface area (Å²) in [6.07, 6.45) is 0.467. The van der Waals surface area contributed by atoms with Gasteiger partial charge in [0.05, 0.1) is 6.54 Å². The van der Waals surface area contributed by atoms with Crippen LogP contribution in [0.4, 0.5) is 4.79 Å². The van der Waals surface area contributed by atoms with Crippen LogP contribution in [0.2, 0.25) is 0 Å². The molecule has 34 heavy (non-hydrogen) atoms. The number of nitrogens with zero attached hydrogens (tertiary/aromatic N) is 1. The first-order chi connectivity index (χ1) is 16.5. The van der Waals surface area contributed by atoms with E-state index >= 15 is 0 Å². The standard InChI is InChI=1S/C25H25N3O5S/c1-2-7-20(23(29)26-12-22-27-21(14-34-22)24(30)31)28-25(32)33-13-19-17-10-5-3-8-15(17)16-9-4-6-11-18(16)19/h3-6,8-11,14,19-20H,2,7,12-13H2,1H3,(H,26,29)(H,28,32)(H,30,31)/t20-/m0/s1. The Hall–Kier alpha value is -3.72. The number of nitrogens with one attached hydrogen (secondary N) is 2. The number of hydrogen-bond acceptors (Lipinski definition) is 6. The number of thiazole rings is 1. The maximum Gasteiger partial charge on any atom is 0.407 e. The van der Waals surface area contributed by atoms with Gasteiger partial charge < -0.3 is 20.5 Å². The minimum absolute atomic E-state index is 0.0591. The number of aromatic nitrogens is 1. The predicted molar refractivity (Wildman–Crippen MR) is 128 cm³/mol. The first-order valence-electron chi connectivity index (χ1n) is 11.0. The second-order valence-electron chi connectivity index (χ2n) is 7.96. The molecule has 3 N–H and O–H groups in total. The van der Waals surface area contributed by atoms with Gasteiger partial charge in [0.15, 0.2) is 5.69 Å². The Bertz CT molecular complexity index is 1160. The van der Waals surface area contributed by atoms with E-state index in [4.69, 9.17) is 9.84 Å². The molecule has 0 spiro atoms. The fraction of sp³-hybridized carbons (Fsp3) is 0.280. The summed E-state index contributed by atoms with van der Waals surface area (Å²) < 4.78 is 5.55. The van der Waals surface area contributed by atoms with Crippen LogP contribution in [0.15, 0.2) is 53.9 Å². The molecule has 0 saturated carbocycles. The maximum absolute atomic E-state index is 12.6. The van der Waals surface area contributed by atoms with Crippen LogP contribution in [-0.4, -0.2) is 40.7 Å². The highest BCUT2D eigenvalue weighted by molar-refractivity contribution is 7.09. The molecule has 0 unspecified atom stereocenters. The van der Waals surface area contributed by atoms with Crippen molar-refractivity contribution in [3.05, 3.63) is 75.7 Å². The van der Waals surface area contributed by atoms with Gasteiger partial charge in [0.1, 0.15) is 17.7 Å². The van der Waals surface area contributed by atoms with Gasteiger partial charge in [-0.1, -0.05) is 61.9 Å². The normalized spacial score (nSPS) is 13.0. The maximum atomic E-state index is 12.6. The molecule has 0 radical (unpaired) electrons. The molecule has 1 aromatic heterocycles. The number of fused-ring (bicyclic) bond motifs is 3. The highest BCUT2D eigenvalue weighted by atomic mass is 32.1. The number of carbonyl (C=O) groups is 3. The van der Waals surface area contributed by atoms with Gasteiger partial charge in [-0.2, -0.15) is 0 Å². The summed E-state index contributed by atoms with van der Waals surface area (Å²) in [6.45, 7) is 2.17. The van der Waals surface area contributed by atoms with Crippen molar-refractivity contribution in [2.45, 2.75) is 38.3 Å². The molecule has 0 fully saturated rings. The van der Waals surface area contributed by atoms with E-state index in [1.165, 1.54) is 5.38 Å². The molecule has 0 bridgehead atoms. The number of carbonyl (C=O) groups excluding carboxylic acids is 2. The Labute approximate surface area is 201 Å². The van der Waals surface area contributed by atoms with Crippen LogP contribution in [0.25, 0.3) is 11.1 Å². The third kappa shape index (κ3) is 5.09. The largest absolute Gasteiger partial charge is 0.476 e. The first-order valence-corrected chi connectivity index (χ1v) is 11.9. The van der Waals surface area contributed by atoms with Gasteiger partial charge in [0, 0.05) is 11.3 Å². The molecule has 1 atom stereocenters. The fourth-order valence-corrected chi connectivity index (χ4v) is 4.82. The Kier molecular flexibility index (Phi) is 7.22. The first kappa shape index (κ1) is 23.4. The highest BCUT2D eigenvalue weighted by Gasteiger charge is 2.29. The van der Waals surface area contributed by atoms with Crippen molar-refractivity contribution in [3.8, 4) is 11.1 Å². The molecular formula is C25H25N3O5S. The van der Waals surface area contributed by atoms with Crippen LogP contribution in [-0.2, 0) is 16.1 Å². The Balaban J connectivity index is 1.35. The van der Waals surface area contributed by atoms with E-state index < -0.39 is 18.1 Å². The van der Waals surface area contributed by atoms with E-state index in [9.17, 15) is 14.4 Å². The number of ether oxygens (including phenoxy) is 1. The van der Waals surface area contributed by atoms with E-state index in [1.807, 2.05) is 43.3 Å². The van der Waals surface area contributed by atoms with Crippen molar-refractivity contribution in [1.29, 1.82) is 0 Å². The van der Waals surface area contributed by atoms with Crippen LogP contribution in [0.1, 0.15) is 52.3 Å². The van der Waals surface area contributed by atoms with Crippen LogP contribution >= 0.6 is 11.3 Å². The minimum Gasteiger partial charge on any atom is -0.476 e. The molecular weight excluding hydrogens is 454 g/mol. The van der Waals surface area contributed by atoms with Crippen LogP contribution < -0.4 is 10.6 Å². The molecule has 3 aromatic rings. The summed E-state index contributed by atoms with van der Waals surface area (Å²) in [7, 11) is 0. The zero-order valence-corrected chi connectivity index (χ0v) is 19.4. The molecule has 2 amide bonds. The molecule has 1 aliphatic rings. The quantitative estimate of drug-likeness (QED) is 0.424. The number of carboxylic acid groups (broad SMARTS) is 1. The summed E-state index contributed by atoms with van der Waals surface area (Å²) in [5, 5.41) is 16.2. The summed E-state index contributed by atoms with van der Waals surface area (Å²) in [5.41, 5.74) is 4.45. The van der Waals surface area contributed by atoms with Crippen molar-refractivity contribution in [3.63, 3.8) is 0 Å². The van der Waals surface area contributed by atoms with E-state index in [-0.39, 0.29) is 30.7 Å². The fourth-order valence-electron chi connectivity index (χ4n) is 4.12. The molecule has 176 valence electrons. The predicted octanol–water partition coefficient (Wildman–Crippen LogP) is 4.16. The topological polar surface area (TPSA) is 118 Å². The molecule has 4 rings (SSSR count). The van der Waals surface area contributed by atoms with E-state index in [0.29, 0.717) is 17.8 Å². The van der Waals surface area contributed by atoms with Crippen molar-refractivity contribution in [1.82, 2.24) is 15.6 Å². The summed E-state index contributed by atoms with van der Waals surface area (Å²) in [6, 6.07) is 15.4. The SMILES string of the molecule is CCC[C@H](NC(=O)OCC1c2ccccc2-c2ccccc21)C(=O)NCc1nc(C(=O)O)cs1. The van der Waals surface area contributed by atoms with Crippen LogP contribution in [0, 0.1) is 0 Å². The zero-order valence-electron chi connectivity index (χ0n) is 18.6. The molecule has 1 heterocycles. The monoisotopic (exact) mass is 479 g/mol. The molecule has 0 saturated heterocycles. The average molecular weight is 480 g/mol. The lowest BCUT2D eigenvalue weighted by atomic mass is 9.98. The molecule has 1 aliphatic carbocycles. The van der Waals surface area contributed by atoms with Gasteiger partial charge in [-0.3, -0.25) is 4.79 Å². The second-order valence-corrected chi connectivity index (χ2v) is 8.90. The lowest BCUT2D eigenvalue weighted by molar-refractivity contribution is -0.123. The van der Waals surface area contributed by atoms with Crippen LogP contribution in [0.5, 0.6) is 0 Å². The van der Waals surface area contributed by atoms with Gasteiger partial charge in [-0.15, -0.1) is 11.3 Å². The van der Waals surface area contributed by atoms with E-state index in [2.05, 4.69) is 27.8 Å². The Morgan fingerprint density at radius 1 is 1.09 bits per heavy atom. The summed E-state index contributed by atoms with van der Waals surface area (Å²) in [5.74, 6) is -1.55. The third-order valence-corrected chi connectivity index (χ3v) is 6.56. The number of carboxylic acids is 1. The van der Waals surface area contributed by atoms with Gasteiger partial charge in [-0.25, -0.2) is 14.6 Å². The number of hydrogen-bond donors (Lipinski definition) is 3. The lowest BCUT2D eigenvalue weighted by Gasteiger charge is -2.19. The molecule has 8 nitrogen and oxygen atoms in total. The van der Waals surface area contributed by atoms with Gasteiger partial charge in [-0.05, 0) is 28.7 Å². The Morgan fingerprint density at radius 2 is 1.74 bits per heavy atom. The smallest absolute Gasteiger partial charge is 0.407 e. The van der Waals surface area contributed by atoms with Crippen molar-refractivity contribution < 1.29 is 24.2 Å². The summed E-state index contributed by atoms with van der Waals surface area (Å²) in [4.78, 5) is 40.1. The lowest BCUT2D eigenvalue weighted by Crippen LogP contribution is -2.46. The Morgan fingerprint density at radius 3 is 2.32 bits per heavy atom. The molecule has 9 heteroatoms. The van der Waals surface area contributed by atoms with Crippen molar-refractivity contribution in [2.75, 3.05) is 6.61 Å². The molecule has 0 aliphatic heterocycles. The van der Waals surface area contributed by atoms with Crippen molar-refractivity contribution in [2.24, 2.45) is 0 Å². The van der Waals surface area contributed by atoms with E-state index in [0.717, 1.165) is 33.6 Å². The number of rotatable bonds is 9. The van der Waals surface area contributed by atoms with Crippen LogP contribution in [0.3, 0.4) is 0 Å². The number of amides is 2. The summed E-state index contributed by atoms with van der Waals surface area (Å²) >= 11 is 1.15. The number of alkyl carbamates (subject to hydrolysis) is 1. The average Bonchev–Trinajstić information content (AvgIpc) is 3.44. The van der Waals surface area contributed by atoms with Gasteiger partial charge >= 0.3 is 12.1 Å². The number of benzene rings is 2. The van der Waals surface area contributed by atoms with Crippen molar-refractivity contribution >= 4 is 29.3 Å².